The molecule has 0 aromatic rings. The third kappa shape index (κ3) is 88.6. The van der Waals surface area contributed by atoms with Gasteiger partial charge < -0.3 is 0 Å². The number of hydrogen-bond donors (Lipinski definition) is 0. The van der Waals surface area contributed by atoms with Gasteiger partial charge in [0.15, 0.2) is 0 Å². The Morgan fingerprint density at radius 2 is 1.33 bits per heavy atom. The van der Waals surface area contributed by atoms with Crippen LogP contribution in [-0.4, -0.2) is 28.5 Å². The number of alkyl halides is 2. The van der Waals surface area contributed by atoms with Crippen molar-refractivity contribution < 1.29 is 25.3 Å². The van der Waals surface area contributed by atoms with Gasteiger partial charge in [0, 0.05) is 56.1 Å². The predicted molar refractivity (Wildman–Crippen MR) is 41.4 cm³/mol. The predicted octanol–water partition coefficient (Wildman–Crippen LogP) is 1.46. The summed E-state index contributed by atoms with van der Waals surface area (Å²) in [5, 5.41) is 0. The van der Waals surface area contributed by atoms with Gasteiger partial charge in [0.2, 0.25) is 0 Å². The third-order valence-electron chi connectivity index (χ3n) is 0.0714. The standard InChI is InChI=1S/C2H4Cl2.C2H6OS.Pt/c3-1-2-4;1-4(2)3;/h1-2H2;1-2H3;. The van der Waals surface area contributed by atoms with Crippen LogP contribution in [0.25, 0.3) is 0 Å². The molecule has 9 heavy (non-hydrogen) atoms. The molecule has 0 N–H and O–H groups in total. The summed E-state index contributed by atoms with van der Waals surface area (Å²) in [4.78, 5) is 0. The van der Waals surface area contributed by atoms with Gasteiger partial charge in [-0.15, -0.1) is 23.2 Å². The third-order valence-corrected chi connectivity index (χ3v) is 0.643. The van der Waals surface area contributed by atoms with Gasteiger partial charge in [0.1, 0.15) is 0 Å². The summed E-state index contributed by atoms with van der Waals surface area (Å²) >= 11 is 10.1. The molecule has 0 unspecified atom stereocenters. The van der Waals surface area contributed by atoms with E-state index < -0.39 is 10.8 Å². The summed E-state index contributed by atoms with van der Waals surface area (Å²) < 4.78 is 9.56. The molecule has 0 saturated heterocycles. The van der Waals surface area contributed by atoms with Crippen molar-refractivity contribution in [1.82, 2.24) is 0 Å². The SMILES string of the molecule is CS(C)=O.ClCCCl.[Pt]. The van der Waals surface area contributed by atoms with Crippen LogP contribution in [0.2, 0.25) is 0 Å². The topological polar surface area (TPSA) is 17.1 Å². The van der Waals surface area contributed by atoms with Crippen LogP contribution < -0.4 is 0 Å². The van der Waals surface area contributed by atoms with Gasteiger partial charge in [-0.3, -0.25) is 4.21 Å². The van der Waals surface area contributed by atoms with Gasteiger partial charge >= 0.3 is 0 Å². The van der Waals surface area contributed by atoms with Crippen LogP contribution in [0.3, 0.4) is 0 Å². The second kappa shape index (κ2) is 16.2. The molecule has 62 valence electrons. The Hall–Kier alpha value is 1.42. The number of hydrogen-bond acceptors (Lipinski definition) is 1. The zero-order valence-corrected chi connectivity index (χ0v) is 9.90. The molecule has 0 aromatic heterocycles. The van der Waals surface area contributed by atoms with Crippen LogP contribution in [0.1, 0.15) is 0 Å². The normalized spacial score (nSPS) is 7.22. The average molecular weight is 372 g/mol. The maximum absolute atomic E-state index is 9.56. The van der Waals surface area contributed by atoms with E-state index in [2.05, 4.69) is 0 Å². The van der Waals surface area contributed by atoms with E-state index in [4.69, 9.17) is 23.2 Å². The van der Waals surface area contributed by atoms with Gasteiger partial charge in [-0.2, -0.15) is 0 Å². The van der Waals surface area contributed by atoms with E-state index in [1.165, 1.54) is 0 Å². The summed E-state index contributed by atoms with van der Waals surface area (Å²) in [6.45, 7) is 0. The Balaban J connectivity index is -0.0000000720. The van der Waals surface area contributed by atoms with Crippen molar-refractivity contribution in [2.45, 2.75) is 0 Å². The first-order valence-electron chi connectivity index (χ1n) is 2.02. The van der Waals surface area contributed by atoms with Gasteiger partial charge in [0.05, 0.1) is 0 Å². The van der Waals surface area contributed by atoms with Crippen LogP contribution in [0, 0.1) is 0 Å². The molecule has 0 saturated carbocycles. The molecule has 1 nitrogen and oxygen atoms in total. The summed E-state index contributed by atoms with van der Waals surface area (Å²) in [6.07, 6.45) is 3.28. The fourth-order valence-electron chi connectivity index (χ4n) is 0. The largest absolute Gasteiger partial charge is 0.260 e. The smallest absolute Gasteiger partial charge is 0.0359 e. The van der Waals surface area contributed by atoms with Crippen LogP contribution in [0.4, 0.5) is 0 Å². The molecule has 0 radical (unpaired) electrons. The first kappa shape index (κ1) is 16.8. The molecule has 0 rings (SSSR count). The number of halogens is 2. The molecule has 0 bridgehead atoms. The van der Waals surface area contributed by atoms with Gasteiger partial charge in [0.25, 0.3) is 0 Å². The fourth-order valence-corrected chi connectivity index (χ4v) is 0. The molecule has 0 atom stereocenters. The molecular weight excluding hydrogens is 362 g/mol. The van der Waals surface area contributed by atoms with Crippen LogP contribution in [-0.2, 0) is 31.9 Å². The minimum Gasteiger partial charge on any atom is -0.260 e. The molecule has 0 aliphatic rings. The van der Waals surface area contributed by atoms with Crippen LogP contribution >= 0.6 is 23.2 Å². The fraction of sp³-hybridized carbons (Fsp3) is 1.00. The van der Waals surface area contributed by atoms with E-state index in [1.54, 1.807) is 12.5 Å². The Labute approximate surface area is 83.2 Å². The maximum Gasteiger partial charge on any atom is 0.0359 e. The molecule has 5 heteroatoms. The zero-order valence-electron chi connectivity index (χ0n) is 5.30. The van der Waals surface area contributed by atoms with Crippen molar-refractivity contribution in [2.75, 3.05) is 24.3 Å². The minimum atomic E-state index is -0.611. The van der Waals surface area contributed by atoms with Gasteiger partial charge in [-0.1, -0.05) is 0 Å². The van der Waals surface area contributed by atoms with Crippen LogP contribution in [0.15, 0.2) is 0 Å². The van der Waals surface area contributed by atoms with E-state index in [1.807, 2.05) is 0 Å². The van der Waals surface area contributed by atoms with Crippen molar-refractivity contribution in [3.63, 3.8) is 0 Å². The van der Waals surface area contributed by atoms with E-state index in [0.29, 0.717) is 11.8 Å². The minimum absolute atomic E-state index is 0. The van der Waals surface area contributed by atoms with Gasteiger partial charge in [-0.25, -0.2) is 0 Å². The Kier molecular flexibility index (Phi) is 30.2. The van der Waals surface area contributed by atoms with Crippen molar-refractivity contribution in [1.29, 1.82) is 0 Å². The quantitative estimate of drug-likeness (QED) is 0.637. The van der Waals surface area contributed by atoms with Crippen molar-refractivity contribution in [3.8, 4) is 0 Å². The first-order valence-corrected chi connectivity index (χ1v) is 5.05. The van der Waals surface area contributed by atoms with Crippen molar-refractivity contribution in [3.05, 3.63) is 0 Å². The molecule has 0 aliphatic heterocycles. The molecule has 0 heterocycles. The summed E-state index contributed by atoms with van der Waals surface area (Å²) in [5.74, 6) is 1.11. The van der Waals surface area contributed by atoms with E-state index in [-0.39, 0.29) is 21.1 Å². The second-order valence-electron chi connectivity index (χ2n) is 1.12. The summed E-state index contributed by atoms with van der Waals surface area (Å²) in [6, 6.07) is 0. The molecule has 0 amide bonds. The molecule has 0 fully saturated rings. The van der Waals surface area contributed by atoms with Crippen LogP contribution in [0.5, 0.6) is 0 Å². The Morgan fingerprint density at radius 1 is 1.22 bits per heavy atom. The molecule has 0 aromatic carbocycles. The average Bonchev–Trinajstić information content (AvgIpc) is 1.65. The van der Waals surface area contributed by atoms with E-state index >= 15 is 0 Å². The van der Waals surface area contributed by atoms with E-state index in [9.17, 15) is 4.21 Å². The first-order chi connectivity index (χ1) is 3.65. The summed E-state index contributed by atoms with van der Waals surface area (Å²) in [7, 11) is -0.611. The summed E-state index contributed by atoms with van der Waals surface area (Å²) in [5.41, 5.74) is 0. The van der Waals surface area contributed by atoms with Crippen molar-refractivity contribution >= 4 is 34.0 Å². The second-order valence-corrected chi connectivity index (χ2v) is 3.36. The van der Waals surface area contributed by atoms with E-state index in [0.717, 1.165) is 0 Å². The maximum atomic E-state index is 9.56. The Bertz CT molecular complexity index is 56.5. The molecule has 0 aliphatic carbocycles. The molecular formula is C4H10Cl2OPtS. The van der Waals surface area contributed by atoms with Crippen molar-refractivity contribution in [2.24, 2.45) is 0 Å². The molecule has 0 spiro atoms. The monoisotopic (exact) mass is 371 g/mol. The Morgan fingerprint density at radius 3 is 1.33 bits per heavy atom. The number of rotatable bonds is 1. The van der Waals surface area contributed by atoms with Gasteiger partial charge in [-0.05, 0) is 0 Å². The zero-order chi connectivity index (χ0) is 6.99.